The molecule has 0 spiro atoms. The van der Waals surface area contributed by atoms with Crippen molar-refractivity contribution in [2.24, 2.45) is 5.73 Å². The summed E-state index contributed by atoms with van der Waals surface area (Å²) in [6.45, 7) is 3.34. The van der Waals surface area contributed by atoms with Gasteiger partial charge in [0.15, 0.2) is 0 Å². The summed E-state index contributed by atoms with van der Waals surface area (Å²) in [6, 6.07) is 7.47. The van der Waals surface area contributed by atoms with Gasteiger partial charge in [0.25, 0.3) is 0 Å². The lowest BCUT2D eigenvalue weighted by Gasteiger charge is -2.06. The number of hydrogen-bond donors (Lipinski definition) is 2. The highest BCUT2D eigenvalue weighted by Crippen LogP contribution is 2.08. The van der Waals surface area contributed by atoms with Crippen LogP contribution in [-0.4, -0.2) is 19.1 Å². The number of carbonyl (C=O) groups is 1. The molecule has 0 aliphatic carbocycles. The monoisotopic (exact) mass is 272 g/mol. The third-order valence-electron chi connectivity index (χ3n) is 2.35. The quantitative estimate of drug-likeness (QED) is 0.749. The molecule has 4 nitrogen and oxygen atoms in total. The molecular formula is C13H21ClN2O2. The van der Waals surface area contributed by atoms with Crippen molar-refractivity contribution < 1.29 is 9.53 Å². The van der Waals surface area contributed by atoms with Crippen LogP contribution >= 0.6 is 12.4 Å². The van der Waals surface area contributed by atoms with Gasteiger partial charge in [-0.3, -0.25) is 4.79 Å². The summed E-state index contributed by atoms with van der Waals surface area (Å²) in [4.78, 5) is 11.5. The fraction of sp³-hybridized carbons (Fsp3) is 0.462. The van der Waals surface area contributed by atoms with E-state index in [2.05, 4.69) is 12.2 Å². The van der Waals surface area contributed by atoms with E-state index in [9.17, 15) is 4.79 Å². The summed E-state index contributed by atoms with van der Waals surface area (Å²) in [5.41, 5.74) is 7.30. The summed E-state index contributed by atoms with van der Waals surface area (Å²) in [5, 5.41) is 2.77. The summed E-state index contributed by atoms with van der Waals surface area (Å²) in [7, 11) is 0. The number of carbonyl (C=O) groups excluding carboxylic acids is 1. The second kappa shape index (κ2) is 9.88. The van der Waals surface area contributed by atoms with E-state index in [4.69, 9.17) is 10.5 Å². The molecule has 0 radical (unpaired) electrons. The highest BCUT2D eigenvalue weighted by atomic mass is 35.5. The van der Waals surface area contributed by atoms with Crippen LogP contribution in [-0.2, 0) is 16.1 Å². The number of benzene rings is 1. The van der Waals surface area contributed by atoms with Crippen molar-refractivity contribution in [2.75, 3.05) is 18.5 Å². The highest BCUT2D eigenvalue weighted by molar-refractivity contribution is 5.91. The largest absolute Gasteiger partial charge is 0.372 e. The number of halogens is 1. The van der Waals surface area contributed by atoms with Crippen LogP contribution in [0.5, 0.6) is 0 Å². The molecule has 0 saturated carbocycles. The van der Waals surface area contributed by atoms with Gasteiger partial charge in [0, 0.05) is 18.8 Å². The second-order valence-electron chi connectivity index (χ2n) is 3.86. The van der Waals surface area contributed by atoms with Crippen molar-refractivity contribution in [3.63, 3.8) is 0 Å². The average molecular weight is 273 g/mol. The van der Waals surface area contributed by atoms with Crippen molar-refractivity contribution >= 4 is 24.0 Å². The number of nitrogens with two attached hydrogens (primary N) is 1. The lowest BCUT2D eigenvalue weighted by Crippen LogP contribution is -2.18. The predicted molar refractivity (Wildman–Crippen MR) is 75.9 cm³/mol. The Labute approximate surface area is 114 Å². The first-order valence-electron chi connectivity index (χ1n) is 5.93. The molecule has 18 heavy (non-hydrogen) atoms. The molecule has 102 valence electrons. The molecule has 0 heterocycles. The topological polar surface area (TPSA) is 64.3 Å². The maximum absolute atomic E-state index is 11.5. The first kappa shape index (κ1) is 16.9. The average Bonchev–Trinajstić information content (AvgIpc) is 2.36. The normalized spacial score (nSPS) is 9.67. The molecule has 0 aliphatic rings. The number of anilines is 1. The molecule has 1 rings (SSSR count). The molecule has 3 N–H and O–H groups in total. The van der Waals surface area contributed by atoms with Gasteiger partial charge < -0.3 is 15.8 Å². The van der Waals surface area contributed by atoms with E-state index in [1.54, 1.807) is 0 Å². The minimum absolute atomic E-state index is 0. The van der Waals surface area contributed by atoms with E-state index in [0.717, 1.165) is 24.1 Å². The number of amides is 1. The zero-order valence-electron chi connectivity index (χ0n) is 10.6. The van der Waals surface area contributed by atoms with E-state index in [0.29, 0.717) is 13.2 Å². The summed E-state index contributed by atoms with van der Waals surface area (Å²) < 4.78 is 5.22. The van der Waals surface area contributed by atoms with E-state index in [1.807, 2.05) is 24.3 Å². The Hall–Kier alpha value is -1.10. The van der Waals surface area contributed by atoms with Gasteiger partial charge in [-0.15, -0.1) is 12.4 Å². The Kier molecular flexibility index (Phi) is 9.28. The van der Waals surface area contributed by atoms with Crippen LogP contribution in [0.1, 0.15) is 25.3 Å². The Balaban J connectivity index is 0.00000289. The predicted octanol–water partition coefficient (Wildman–Crippen LogP) is 2.32. The molecule has 0 bridgehead atoms. The molecule has 0 atom stereocenters. The van der Waals surface area contributed by atoms with Crippen LogP contribution in [0.25, 0.3) is 0 Å². The van der Waals surface area contributed by atoms with Crippen LogP contribution in [0.3, 0.4) is 0 Å². The van der Waals surface area contributed by atoms with Gasteiger partial charge in [-0.2, -0.15) is 0 Å². The third-order valence-corrected chi connectivity index (χ3v) is 2.35. The van der Waals surface area contributed by atoms with Gasteiger partial charge in [0.2, 0.25) is 5.91 Å². The minimum atomic E-state index is -0.124. The Bertz CT molecular complexity index is 341. The molecule has 0 unspecified atom stereocenters. The third kappa shape index (κ3) is 6.59. The van der Waals surface area contributed by atoms with E-state index in [1.165, 1.54) is 0 Å². The molecule has 0 aliphatic heterocycles. The second-order valence-corrected chi connectivity index (χ2v) is 3.86. The highest BCUT2D eigenvalue weighted by Gasteiger charge is 2.01. The zero-order valence-corrected chi connectivity index (χ0v) is 11.5. The lowest BCUT2D eigenvalue weighted by atomic mass is 10.2. The van der Waals surface area contributed by atoms with Gasteiger partial charge >= 0.3 is 0 Å². The summed E-state index contributed by atoms with van der Waals surface area (Å²) >= 11 is 0. The van der Waals surface area contributed by atoms with Crippen LogP contribution in [0.4, 0.5) is 5.69 Å². The molecule has 0 saturated heterocycles. The van der Waals surface area contributed by atoms with Crippen molar-refractivity contribution in [1.82, 2.24) is 0 Å². The van der Waals surface area contributed by atoms with E-state index < -0.39 is 0 Å². The number of nitrogens with one attached hydrogen (secondary N) is 1. The number of rotatable bonds is 7. The van der Waals surface area contributed by atoms with Crippen molar-refractivity contribution in [2.45, 2.75) is 26.3 Å². The first-order chi connectivity index (χ1) is 8.26. The van der Waals surface area contributed by atoms with Crippen LogP contribution in [0.15, 0.2) is 24.3 Å². The maximum Gasteiger partial charge on any atom is 0.250 e. The molecule has 1 aromatic carbocycles. The van der Waals surface area contributed by atoms with Crippen molar-refractivity contribution in [1.29, 1.82) is 0 Å². The molecule has 5 heteroatoms. The van der Waals surface area contributed by atoms with Gasteiger partial charge in [0.1, 0.15) is 6.61 Å². The van der Waals surface area contributed by atoms with Crippen molar-refractivity contribution in [3.8, 4) is 0 Å². The summed E-state index contributed by atoms with van der Waals surface area (Å²) in [6.07, 6.45) is 2.06. The smallest absolute Gasteiger partial charge is 0.250 e. The summed E-state index contributed by atoms with van der Waals surface area (Å²) in [5.74, 6) is -0.124. The molecule has 0 fully saturated rings. The van der Waals surface area contributed by atoms with Crippen LogP contribution in [0.2, 0.25) is 0 Å². The number of hydrogen-bond acceptors (Lipinski definition) is 3. The lowest BCUT2D eigenvalue weighted by molar-refractivity contribution is -0.120. The maximum atomic E-state index is 11.5. The van der Waals surface area contributed by atoms with Gasteiger partial charge in [0.05, 0.1) is 0 Å². The zero-order chi connectivity index (χ0) is 12.5. The van der Waals surface area contributed by atoms with Crippen molar-refractivity contribution in [3.05, 3.63) is 29.8 Å². The van der Waals surface area contributed by atoms with Gasteiger partial charge in [-0.25, -0.2) is 0 Å². The fourth-order valence-corrected chi connectivity index (χ4v) is 1.33. The molecule has 1 amide bonds. The molecule has 0 aromatic heterocycles. The Morgan fingerprint density at radius 2 is 2.00 bits per heavy atom. The standard InChI is InChI=1S/C13H20N2O2.ClH/c1-2-3-8-17-10-13(16)15-12-6-4-11(9-14)5-7-12;/h4-7H,2-3,8-10,14H2,1H3,(H,15,16);1H. The number of ether oxygens (including phenoxy) is 1. The van der Waals surface area contributed by atoms with Crippen LogP contribution in [0, 0.1) is 0 Å². The first-order valence-corrected chi connectivity index (χ1v) is 5.93. The number of unbranched alkanes of at least 4 members (excludes halogenated alkanes) is 1. The van der Waals surface area contributed by atoms with E-state index >= 15 is 0 Å². The Morgan fingerprint density at radius 3 is 2.56 bits per heavy atom. The van der Waals surface area contributed by atoms with Gasteiger partial charge in [-0.05, 0) is 24.1 Å². The Morgan fingerprint density at radius 1 is 1.33 bits per heavy atom. The van der Waals surface area contributed by atoms with Crippen LogP contribution < -0.4 is 11.1 Å². The minimum Gasteiger partial charge on any atom is -0.372 e. The fourth-order valence-electron chi connectivity index (χ4n) is 1.33. The van der Waals surface area contributed by atoms with Gasteiger partial charge in [-0.1, -0.05) is 25.5 Å². The molecular weight excluding hydrogens is 252 g/mol. The van der Waals surface area contributed by atoms with E-state index in [-0.39, 0.29) is 24.9 Å². The molecule has 1 aromatic rings. The SMILES string of the molecule is CCCCOCC(=O)Nc1ccc(CN)cc1.Cl.